The van der Waals surface area contributed by atoms with Gasteiger partial charge in [0.1, 0.15) is 5.82 Å². The average molecular weight is 349 g/mol. The van der Waals surface area contributed by atoms with Crippen LogP contribution >= 0.6 is 0 Å². The predicted molar refractivity (Wildman–Crippen MR) is 84.7 cm³/mol. The van der Waals surface area contributed by atoms with Crippen LogP contribution in [0.1, 0.15) is 0 Å². The van der Waals surface area contributed by atoms with Crippen LogP contribution in [-0.2, 0) is 10.0 Å². The van der Waals surface area contributed by atoms with Gasteiger partial charge in [0.15, 0.2) is 5.76 Å². The number of hydrogen-bond acceptors (Lipinski definition) is 5. The zero-order chi connectivity index (χ0) is 17.3. The number of rotatable bonds is 4. The van der Waals surface area contributed by atoms with Crippen molar-refractivity contribution in [1.82, 2.24) is 0 Å². The molecule has 0 spiro atoms. The monoisotopic (exact) mass is 349 g/mol. The summed E-state index contributed by atoms with van der Waals surface area (Å²) >= 11 is 0. The van der Waals surface area contributed by atoms with Gasteiger partial charge in [0.05, 0.1) is 10.5 Å². The van der Waals surface area contributed by atoms with E-state index in [0.29, 0.717) is 0 Å². The molecular weight excluding hydrogens is 337 g/mol. The van der Waals surface area contributed by atoms with E-state index in [1.165, 1.54) is 42.5 Å². The van der Waals surface area contributed by atoms with Gasteiger partial charge in [-0.15, -0.1) is 0 Å². The standard InChI is InChI=1S/C16H12FNO5S/c17-12-9-5-4-8-11(12)15-13(19)14(20)16(23-15)18-24(21,22)10-6-2-1-3-7-10/h1-9,18-20H. The van der Waals surface area contributed by atoms with E-state index in [1.54, 1.807) is 6.07 Å². The molecule has 0 fully saturated rings. The third-order valence-corrected chi connectivity index (χ3v) is 4.60. The first-order chi connectivity index (χ1) is 11.4. The maximum absolute atomic E-state index is 13.8. The molecule has 0 bridgehead atoms. The Balaban J connectivity index is 2.02. The quantitative estimate of drug-likeness (QED) is 0.671. The van der Waals surface area contributed by atoms with E-state index < -0.39 is 33.2 Å². The Morgan fingerprint density at radius 3 is 2.21 bits per heavy atom. The SMILES string of the molecule is O=S(=O)(Nc1oc(-c2ccccc2F)c(O)c1O)c1ccccc1. The number of aromatic hydroxyl groups is 2. The van der Waals surface area contributed by atoms with Gasteiger partial charge in [0.25, 0.3) is 15.9 Å². The molecule has 0 amide bonds. The van der Waals surface area contributed by atoms with Crippen LogP contribution in [0.15, 0.2) is 63.9 Å². The van der Waals surface area contributed by atoms with Crippen molar-refractivity contribution in [2.24, 2.45) is 0 Å². The number of hydrogen-bond donors (Lipinski definition) is 3. The fraction of sp³-hybridized carbons (Fsp3) is 0. The summed E-state index contributed by atoms with van der Waals surface area (Å²) < 4.78 is 45.5. The van der Waals surface area contributed by atoms with Gasteiger partial charge in [-0.3, -0.25) is 0 Å². The Morgan fingerprint density at radius 2 is 1.54 bits per heavy atom. The summed E-state index contributed by atoms with van der Waals surface area (Å²) in [5.74, 6) is -3.26. The zero-order valence-electron chi connectivity index (χ0n) is 12.1. The molecule has 0 atom stereocenters. The number of nitrogens with one attached hydrogen (secondary N) is 1. The number of anilines is 1. The molecule has 0 aliphatic carbocycles. The van der Waals surface area contributed by atoms with E-state index in [0.717, 1.165) is 6.07 Å². The lowest BCUT2D eigenvalue weighted by atomic mass is 10.1. The number of furan rings is 1. The normalized spacial score (nSPS) is 11.4. The molecule has 3 N–H and O–H groups in total. The molecule has 124 valence electrons. The van der Waals surface area contributed by atoms with Gasteiger partial charge in [-0.2, -0.15) is 0 Å². The molecular formula is C16H12FNO5S. The highest BCUT2D eigenvalue weighted by atomic mass is 32.2. The number of sulfonamides is 1. The molecule has 0 aliphatic heterocycles. The first-order valence-electron chi connectivity index (χ1n) is 6.77. The highest BCUT2D eigenvalue weighted by Crippen LogP contribution is 2.46. The second-order valence-electron chi connectivity index (χ2n) is 4.86. The summed E-state index contributed by atoms with van der Waals surface area (Å²) in [5.41, 5.74) is -0.115. The average Bonchev–Trinajstić information content (AvgIpc) is 2.84. The fourth-order valence-corrected chi connectivity index (χ4v) is 3.11. The smallest absolute Gasteiger partial charge is 0.264 e. The molecule has 1 aromatic heterocycles. The van der Waals surface area contributed by atoms with E-state index in [4.69, 9.17) is 4.42 Å². The van der Waals surface area contributed by atoms with Crippen molar-refractivity contribution in [3.05, 3.63) is 60.4 Å². The molecule has 6 nitrogen and oxygen atoms in total. The molecule has 1 heterocycles. The first-order valence-corrected chi connectivity index (χ1v) is 8.26. The Morgan fingerprint density at radius 1 is 0.917 bits per heavy atom. The van der Waals surface area contributed by atoms with Gasteiger partial charge >= 0.3 is 0 Å². The van der Waals surface area contributed by atoms with Crippen LogP contribution in [0.3, 0.4) is 0 Å². The van der Waals surface area contributed by atoms with Crippen LogP contribution < -0.4 is 4.72 Å². The molecule has 0 unspecified atom stereocenters. The molecule has 8 heteroatoms. The maximum atomic E-state index is 13.8. The Hall–Kier alpha value is -3.00. The molecule has 3 aromatic rings. The Bertz CT molecular complexity index is 983. The van der Waals surface area contributed by atoms with Crippen molar-refractivity contribution in [1.29, 1.82) is 0 Å². The fourth-order valence-electron chi connectivity index (χ4n) is 2.09. The molecule has 0 aliphatic rings. The van der Waals surface area contributed by atoms with Crippen LogP contribution in [0.4, 0.5) is 10.3 Å². The van der Waals surface area contributed by atoms with Crippen LogP contribution in [0, 0.1) is 5.82 Å². The minimum Gasteiger partial charge on any atom is -0.502 e. The zero-order valence-corrected chi connectivity index (χ0v) is 12.9. The van der Waals surface area contributed by atoms with E-state index in [1.807, 2.05) is 4.72 Å². The molecule has 3 rings (SSSR count). The number of benzene rings is 2. The first kappa shape index (κ1) is 15.9. The Kier molecular flexibility index (Phi) is 3.90. The van der Waals surface area contributed by atoms with Crippen molar-refractivity contribution in [3.8, 4) is 22.8 Å². The van der Waals surface area contributed by atoms with Crippen LogP contribution in [0.25, 0.3) is 11.3 Å². The summed E-state index contributed by atoms with van der Waals surface area (Å²) in [6.45, 7) is 0. The van der Waals surface area contributed by atoms with Gasteiger partial charge in [0, 0.05) is 0 Å². The molecule has 2 aromatic carbocycles. The van der Waals surface area contributed by atoms with Crippen LogP contribution in [0.2, 0.25) is 0 Å². The number of halogens is 1. The summed E-state index contributed by atoms with van der Waals surface area (Å²) in [6, 6.07) is 12.8. The lowest BCUT2D eigenvalue weighted by Crippen LogP contribution is -2.12. The highest BCUT2D eigenvalue weighted by molar-refractivity contribution is 7.92. The van der Waals surface area contributed by atoms with E-state index >= 15 is 0 Å². The van der Waals surface area contributed by atoms with Crippen LogP contribution in [0.5, 0.6) is 11.5 Å². The largest absolute Gasteiger partial charge is 0.502 e. The Labute approximate surface area is 136 Å². The van der Waals surface area contributed by atoms with Gasteiger partial charge in [-0.25, -0.2) is 17.5 Å². The minimum absolute atomic E-state index is 0.0623. The molecule has 0 saturated heterocycles. The summed E-state index contributed by atoms with van der Waals surface area (Å²) in [7, 11) is -4.04. The van der Waals surface area contributed by atoms with Gasteiger partial charge < -0.3 is 14.6 Å². The van der Waals surface area contributed by atoms with E-state index in [2.05, 4.69) is 0 Å². The van der Waals surface area contributed by atoms with Gasteiger partial charge in [0.2, 0.25) is 11.5 Å². The van der Waals surface area contributed by atoms with Crippen molar-refractivity contribution in [2.45, 2.75) is 4.90 Å². The van der Waals surface area contributed by atoms with Gasteiger partial charge in [-0.05, 0) is 24.3 Å². The molecule has 0 saturated carbocycles. The summed E-state index contributed by atoms with van der Waals surface area (Å²) in [4.78, 5) is -0.0623. The van der Waals surface area contributed by atoms with Crippen molar-refractivity contribution in [2.75, 3.05) is 4.72 Å². The predicted octanol–water partition coefficient (Wildman–Crippen LogP) is 3.30. The molecule has 0 radical (unpaired) electrons. The summed E-state index contributed by atoms with van der Waals surface area (Å²) in [6.07, 6.45) is 0. The van der Waals surface area contributed by atoms with Crippen molar-refractivity contribution in [3.63, 3.8) is 0 Å². The van der Waals surface area contributed by atoms with Crippen molar-refractivity contribution >= 4 is 15.9 Å². The van der Waals surface area contributed by atoms with E-state index in [9.17, 15) is 23.0 Å². The van der Waals surface area contributed by atoms with E-state index in [-0.39, 0.29) is 16.2 Å². The highest BCUT2D eigenvalue weighted by Gasteiger charge is 2.26. The lowest BCUT2D eigenvalue weighted by molar-refractivity contribution is 0.410. The molecule has 24 heavy (non-hydrogen) atoms. The topological polar surface area (TPSA) is 99.8 Å². The second-order valence-corrected chi connectivity index (χ2v) is 6.54. The maximum Gasteiger partial charge on any atom is 0.264 e. The minimum atomic E-state index is -4.04. The third kappa shape index (κ3) is 2.79. The second kappa shape index (κ2) is 5.89. The summed E-state index contributed by atoms with van der Waals surface area (Å²) in [5, 5.41) is 19.8. The van der Waals surface area contributed by atoms with Crippen molar-refractivity contribution < 1.29 is 27.4 Å². The third-order valence-electron chi connectivity index (χ3n) is 3.26. The van der Waals surface area contributed by atoms with Gasteiger partial charge in [-0.1, -0.05) is 30.3 Å². The lowest BCUT2D eigenvalue weighted by Gasteiger charge is -2.05. The van der Waals surface area contributed by atoms with Crippen LogP contribution in [-0.4, -0.2) is 18.6 Å².